The molecule has 1 unspecified atom stereocenters. The van der Waals surface area contributed by atoms with Gasteiger partial charge >= 0.3 is 0 Å². The van der Waals surface area contributed by atoms with E-state index in [-0.39, 0.29) is 24.5 Å². The van der Waals surface area contributed by atoms with Crippen molar-refractivity contribution in [2.24, 2.45) is 0 Å². The van der Waals surface area contributed by atoms with Gasteiger partial charge < -0.3 is 15.0 Å². The minimum atomic E-state index is -0.518. The Labute approximate surface area is 185 Å². The van der Waals surface area contributed by atoms with Gasteiger partial charge in [-0.1, -0.05) is 74.7 Å². The summed E-state index contributed by atoms with van der Waals surface area (Å²) in [6.07, 6.45) is 6.13. The maximum atomic E-state index is 13.3. The van der Waals surface area contributed by atoms with Crippen LogP contribution in [0.3, 0.4) is 0 Å². The van der Waals surface area contributed by atoms with E-state index in [2.05, 4.69) is 5.32 Å². The van der Waals surface area contributed by atoms with Gasteiger partial charge in [0.1, 0.15) is 11.8 Å². The van der Waals surface area contributed by atoms with E-state index in [1.54, 1.807) is 4.90 Å². The summed E-state index contributed by atoms with van der Waals surface area (Å²) in [4.78, 5) is 28.1. The van der Waals surface area contributed by atoms with Crippen molar-refractivity contribution < 1.29 is 14.3 Å². The van der Waals surface area contributed by atoms with Crippen LogP contribution in [-0.2, 0) is 16.1 Å². The normalized spacial score (nSPS) is 15.2. The molecule has 2 amide bonds. The zero-order valence-electron chi connectivity index (χ0n) is 18.7. The van der Waals surface area contributed by atoms with E-state index in [0.717, 1.165) is 36.8 Å². The second kappa shape index (κ2) is 11.5. The molecule has 3 rings (SSSR count). The Morgan fingerprint density at radius 2 is 1.71 bits per heavy atom. The van der Waals surface area contributed by atoms with Gasteiger partial charge in [0.25, 0.3) is 5.91 Å². The fraction of sp³-hybridized carbons (Fsp3) is 0.462. The molecule has 1 aliphatic carbocycles. The Morgan fingerprint density at radius 3 is 2.39 bits per heavy atom. The first-order valence-corrected chi connectivity index (χ1v) is 11.4. The van der Waals surface area contributed by atoms with Crippen LogP contribution in [0, 0.1) is 6.92 Å². The third-order valence-corrected chi connectivity index (χ3v) is 5.98. The van der Waals surface area contributed by atoms with Crippen molar-refractivity contribution in [3.63, 3.8) is 0 Å². The number of nitrogens with one attached hydrogen (secondary N) is 1. The lowest BCUT2D eigenvalue weighted by molar-refractivity contribution is -0.143. The Kier molecular flexibility index (Phi) is 8.51. The molecule has 0 radical (unpaired) electrons. The molecular formula is C26H34N2O3. The van der Waals surface area contributed by atoms with E-state index in [9.17, 15) is 9.59 Å². The van der Waals surface area contributed by atoms with E-state index in [1.165, 1.54) is 6.42 Å². The number of carbonyl (C=O) groups excluding carboxylic acids is 2. The number of para-hydroxylation sites is 1. The summed E-state index contributed by atoms with van der Waals surface area (Å²) in [6.45, 7) is 4.20. The highest BCUT2D eigenvalue weighted by Crippen LogP contribution is 2.20. The van der Waals surface area contributed by atoms with Gasteiger partial charge in [-0.3, -0.25) is 9.59 Å². The second-order valence-corrected chi connectivity index (χ2v) is 8.33. The number of nitrogens with zero attached hydrogens (tertiary/aromatic N) is 1. The molecule has 1 aliphatic rings. The van der Waals surface area contributed by atoms with Crippen LogP contribution in [0.2, 0.25) is 0 Å². The van der Waals surface area contributed by atoms with Gasteiger partial charge in [-0.15, -0.1) is 0 Å². The van der Waals surface area contributed by atoms with Crippen molar-refractivity contribution in [3.05, 3.63) is 65.7 Å². The minimum absolute atomic E-state index is 0.0606. The zero-order valence-corrected chi connectivity index (χ0v) is 18.7. The Balaban J connectivity index is 1.73. The summed E-state index contributed by atoms with van der Waals surface area (Å²) in [5.74, 6) is 0.447. The summed E-state index contributed by atoms with van der Waals surface area (Å²) in [5.41, 5.74) is 1.97. The van der Waals surface area contributed by atoms with Crippen LogP contribution in [0.15, 0.2) is 54.6 Å². The molecule has 31 heavy (non-hydrogen) atoms. The first kappa shape index (κ1) is 22.9. The number of carbonyl (C=O) groups is 2. The van der Waals surface area contributed by atoms with Crippen molar-refractivity contribution >= 4 is 11.8 Å². The molecule has 1 saturated carbocycles. The van der Waals surface area contributed by atoms with Gasteiger partial charge in [0.2, 0.25) is 5.91 Å². The molecule has 0 aromatic heterocycles. The molecule has 1 fully saturated rings. The lowest BCUT2D eigenvalue weighted by atomic mass is 9.95. The van der Waals surface area contributed by atoms with Gasteiger partial charge in [-0.2, -0.15) is 0 Å². The third-order valence-electron chi connectivity index (χ3n) is 5.98. The summed E-state index contributed by atoms with van der Waals surface area (Å²) in [5, 5.41) is 3.20. The molecule has 0 bridgehead atoms. The predicted octanol–water partition coefficient (Wildman–Crippen LogP) is 4.63. The second-order valence-electron chi connectivity index (χ2n) is 8.33. The van der Waals surface area contributed by atoms with Crippen molar-refractivity contribution in [1.82, 2.24) is 10.2 Å². The molecule has 0 spiro atoms. The highest BCUT2D eigenvalue weighted by Gasteiger charge is 2.30. The number of rotatable bonds is 9. The lowest BCUT2D eigenvalue weighted by Gasteiger charge is -2.32. The molecule has 5 nitrogen and oxygen atoms in total. The maximum absolute atomic E-state index is 13.3. The first-order chi connectivity index (χ1) is 15.1. The van der Waals surface area contributed by atoms with E-state index in [1.807, 2.05) is 68.4 Å². The van der Waals surface area contributed by atoms with Crippen molar-refractivity contribution in [2.75, 3.05) is 6.61 Å². The van der Waals surface area contributed by atoms with Crippen LogP contribution in [0.25, 0.3) is 0 Å². The van der Waals surface area contributed by atoms with E-state index < -0.39 is 6.04 Å². The molecule has 0 aliphatic heterocycles. The fourth-order valence-corrected chi connectivity index (χ4v) is 4.18. The molecule has 2 aromatic carbocycles. The van der Waals surface area contributed by atoms with E-state index in [4.69, 9.17) is 4.74 Å². The molecule has 1 atom stereocenters. The van der Waals surface area contributed by atoms with Gasteiger partial charge in [0.05, 0.1) is 0 Å². The predicted molar refractivity (Wildman–Crippen MR) is 123 cm³/mol. The number of amides is 2. The molecule has 166 valence electrons. The Hall–Kier alpha value is -2.82. The molecule has 2 aromatic rings. The smallest absolute Gasteiger partial charge is 0.261 e. The quantitative estimate of drug-likeness (QED) is 0.641. The summed E-state index contributed by atoms with van der Waals surface area (Å²) >= 11 is 0. The van der Waals surface area contributed by atoms with Gasteiger partial charge in [0.15, 0.2) is 6.61 Å². The topological polar surface area (TPSA) is 58.6 Å². The molecule has 5 heteroatoms. The average molecular weight is 423 g/mol. The number of benzene rings is 2. The monoisotopic (exact) mass is 422 g/mol. The fourth-order valence-electron chi connectivity index (χ4n) is 4.18. The van der Waals surface area contributed by atoms with Gasteiger partial charge in [-0.05, 0) is 43.4 Å². The number of ether oxygens (including phenoxy) is 1. The highest BCUT2D eigenvalue weighted by molar-refractivity contribution is 5.88. The van der Waals surface area contributed by atoms with Crippen LogP contribution < -0.4 is 10.1 Å². The molecular weight excluding hydrogens is 388 g/mol. The van der Waals surface area contributed by atoms with Gasteiger partial charge in [0, 0.05) is 12.6 Å². The standard InChI is InChI=1S/C26H34N2O3/c1-3-23(26(30)27-22-15-8-5-9-16-22)28(18-21-13-6-4-7-14-21)25(29)19-31-24-17-11-10-12-20(24)2/h4,6-7,10-14,17,22-23H,3,5,8-9,15-16,18-19H2,1-2H3,(H,27,30). The van der Waals surface area contributed by atoms with Gasteiger partial charge in [-0.25, -0.2) is 0 Å². The zero-order chi connectivity index (χ0) is 22.1. The lowest BCUT2D eigenvalue weighted by Crippen LogP contribution is -2.52. The third kappa shape index (κ3) is 6.58. The van der Waals surface area contributed by atoms with Crippen LogP contribution in [0.5, 0.6) is 5.75 Å². The number of hydrogen-bond acceptors (Lipinski definition) is 3. The van der Waals surface area contributed by atoms with Crippen LogP contribution in [0.4, 0.5) is 0 Å². The van der Waals surface area contributed by atoms with E-state index >= 15 is 0 Å². The summed E-state index contributed by atoms with van der Waals surface area (Å²) in [7, 11) is 0. The maximum Gasteiger partial charge on any atom is 0.261 e. The number of aryl methyl sites for hydroxylation is 1. The number of hydrogen-bond donors (Lipinski definition) is 1. The van der Waals surface area contributed by atoms with Crippen molar-refractivity contribution in [2.45, 2.75) is 71.0 Å². The summed E-state index contributed by atoms with van der Waals surface area (Å²) in [6, 6.07) is 17.1. The molecule has 0 saturated heterocycles. The highest BCUT2D eigenvalue weighted by atomic mass is 16.5. The van der Waals surface area contributed by atoms with Crippen molar-refractivity contribution in [3.8, 4) is 5.75 Å². The Bertz CT molecular complexity index is 847. The van der Waals surface area contributed by atoms with Crippen molar-refractivity contribution in [1.29, 1.82) is 0 Å². The van der Waals surface area contributed by atoms with Crippen LogP contribution >= 0.6 is 0 Å². The van der Waals surface area contributed by atoms with Crippen LogP contribution in [-0.4, -0.2) is 35.4 Å². The minimum Gasteiger partial charge on any atom is -0.484 e. The molecule has 0 heterocycles. The summed E-state index contributed by atoms with van der Waals surface area (Å²) < 4.78 is 5.82. The largest absolute Gasteiger partial charge is 0.484 e. The Morgan fingerprint density at radius 1 is 1.03 bits per heavy atom. The van der Waals surface area contributed by atoms with E-state index in [0.29, 0.717) is 18.7 Å². The van der Waals surface area contributed by atoms with Crippen LogP contribution in [0.1, 0.15) is 56.6 Å². The first-order valence-electron chi connectivity index (χ1n) is 11.4. The average Bonchev–Trinajstić information content (AvgIpc) is 2.79. The SMILES string of the molecule is CCC(C(=O)NC1CCCCC1)N(Cc1ccccc1)C(=O)COc1ccccc1C. The molecule has 1 N–H and O–H groups in total.